The number of benzene rings is 1. The maximum absolute atomic E-state index is 11.9. The molecule has 7 nitrogen and oxygen atoms in total. The Morgan fingerprint density at radius 2 is 2.05 bits per heavy atom. The Balaban J connectivity index is 2.67. The van der Waals surface area contributed by atoms with E-state index in [0.717, 1.165) is 0 Å². The summed E-state index contributed by atoms with van der Waals surface area (Å²) >= 11 is 3.16. The van der Waals surface area contributed by atoms with Crippen LogP contribution in [0, 0.1) is 0 Å². The van der Waals surface area contributed by atoms with E-state index in [4.69, 9.17) is 4.74 Å². The van der Waals surface area contributed by atoms with E-state index < -0.39 is 24.0 Å². The lowest BCUT2D eigenvalue weighted by atomic mass is 10.2. The van der Waals surface area contributed by atoms with E-state index in [9.17, 15) is 19.5 Å². The smallest absolute Gasteiger partial charge is 0.342 e. The molecule has 21 heavy (non-hydrogen) atoms. The standard InChI is InChI=1S/C13H15BrN2O5/c1-3-15-13(20)16-11(18)7(2)21-12(19)9-6-8(14)4-5-10(9)17/h4-7,17H,3H2,1-2H3,(H2,15,16,18,20)/t7-/m1/s1. The molecule has 0 unspecified atom stereocenters. The van der Waals surface area contributed by atoms with Crippen LogP contribution in [-0.4, -0.2) is 35.7 Å². The van der Waals surface area contributed by atoms with Gasteiger partial charge in [-0.2, -0.15) is 0 Å². The normalized spacial score (nSPS) is 11.4. The Kier molecular flexibility index (Phi) is 6.16. The number of ether oxygens (including phenoxy) is 1. The Morgan fingerprint density at radius 1 is 1.38 bits per heavy atom. The molecule has 3 amide bonds. The first-order valence-corrected chi connectivity index (χ1v) is 6.92. The molecule has 0 bridgehead atoms. The van der Waals surface area contributed by atoms with Gasteiger partial charge in [0.15, 0.2) is 6.10 Å². The molecule has 1 aromatic rings. The predicted octanol–water partition coefficient (Wildman–Crippen LogP) is 1.55. The van der Waals surface area contributed by atoms with Gasteiger partial charge in [-0.05, 0) is 32.0 Å². The van der Waals surface area contributed by atoms with E-state index in [1.807, 2.05) is 5.32 Å². The number of rotatable bonds is 4. The van der Waals surface area contributed by atoms with Gasteiger partial charge in [0.05, 0.1) is 0 Å². The molecule has 0 aliphatic rings. The number of urea groups is 1. The molecule has 8 heteroatoms. The van der Waals surface area contributed by atoms with Gasteiger partial charge in [0.25, 0.3) is 5.91 Å². The molecule has 1 rings (SSSR count). The number of nitrogens with one attached hydrogen (secondary N) is 2. The van der Waals surface area contributed by atoms with E-state index in [2.05, 4.69) is 21.2 Å². The molecule has 3 N–H and O–H groups in total. The van der Waals surface area contributed by atoms with Gasteiger partial charge in [-0.25, -0.2) is 9.59 Å². The molecule has 0 saturated heterocycles. The third kappa shape index (κ3) is 5.07. The zero-order valence-electron chi connectivity index (χ0n) is 11.5. The number of hydrogen-bond acceptors (Lipinski definition) is 5. The highest BCUT2D eigenvalue weighted by molar-refractivity contribution is 9.10. The van der Waals surface area contributed by atoms with Crippen molar-refractivity contribution in [2.75, 3.05) is 6.54 Å². The Labute approximate surface area is 129 Å². The average molecular weight is 359 g/mol. The van der Waals surface area contributed by atoms with Gasteiger partial charge in [-0.15, -0.1) is 0 Å². The molecule has 114 valence electrons. The maximum atomic E-state index is 11.9. The zero-order valence-corrected chi connectivity index (χ0v) is 13.1. The van der Waals surface area contributed by atoms with Crippen LogP contribution in [0.1, 0.15) is 24.2 Å². The minimum Gasteiger partial charge on any atom is -0.507 e. The summed E-state index contributed by atoms with van der Waals surface area (Å²) in [4.78, 5) is 34.7. The van der Waals surface area contributed by atoms with Crippen molar-refractivity contribution in [3.8, 4) is 5.75 Å². The first kappa shape index (κ1) is 17.0. The van der Waals surface area contributed by atoms with E-state index in [1.54, 1.807) is 13.0 Å². The van der Waals surface area contributed by atoms with Crippen LogP contribution < -0.4 is 10.6 Å². The van der Waals surface area contributed by atoms with Crippen molar-refractivity contribution in [2.24, 2.45) is 0 Å². The Bertz CT molecular complexity index is 561. The van der Waals surface area contributed by atoms with Crippen molar-refractivity contribution >= 4 is 33.8 Å². The van der Waals surface area contributed by atoms with E-state index in [-0.39, 0.29) is 11.3 Å². The number of halogens is 1. The maximum Gasteiger partial charge on any atom is 0.342 e. The van der Waals surface area contributed by atoms with Crippen LogP contribution in [-0.2, 0) is 9.53 Å². The highest BCUT2D eigenvalue weighted by Crippen LogP contribution is 2.22. The summed E-state index contributed by atoms with van der Waals surface area (Å²) in [5, 5.41) is 14.0. The fourth-order valence-corrected chi connectivity index (χ4v) is 1.73. The molecular formula is C13H15BrN2O5. The van der Waals surface area contributed by atoms with Crippen molar-refractivity contribution < 1.29 is 24.2 Å². The van der Waals surface area contributed by atoms with E-state index in [0.29, 0.717) is 11.0 Å². The first-order chi connectivity index (χ1) is 9.85. The van der Waals surface area contributed by atoms with Crippen LogP contribution in [0.3, 0.4) is 0 Å². The third-order valence-corrected chi connectivity index (χ3v) is 2.90. The Hall–Kier alpha value is -2.09. The Morgan fingerprint density at radius 3 is 2.67 bits per heavy atom. The molecule has 0 radical (unpaired) electrons. The third-order valence-electron chi connectivity index (χ3n) is 2.41. The summed E-state index contributed by atoms with van der Waals surface area (Å²) in [7, 11) is 0. The topological polar surface area (TPSA) is 105 Å². The molecule has 1 atom stereocenters. The monoisotopic (exact) mass is 358 g/mol. The molecule has 0 aliphatic carbocycles. The number of phenolic OH excluding ortho intramolecular Hbond substituents is 1. The second-order valence-corrected chi connectivity index (χ2v) is 4.97. The first-order valence-electron chi connectivity index (χ1n) is 6.13. The SMILES string of the molecule is CCNC(=O)NC(=O)[C@@H](C)OC(=O)c1cc(Br)ccc1O. The van der Waals surface area contributed by atoms with Gasteiger partial charge < -0.3 is 15.2 Å². The van der Waals surface area contributed by atoms with Gasteiger partial charge >= 0.3 is 12.0 Å². The van der Waals surface area contributed by atoms with Crippen LogP contribution in [0.25, 0.3) is 0 Å². The van der Waals surface area contributed by atoms with Crippen LogP contribution in [0.2, 0.25) is 0 Å². The van der Waals surface area contributed by atoms with E-state index >= 15 is 0 Å². The number of imide groups is 1. The molecule has 1 aromatic carbocycles. The summed E-state index contributed by atoms with van der Waals surface area (Å²) < 4.78 is 5.48. The number of carbonyl (C=O) groups is 3. The van der Waals surface area contributed by atoms with Gasteiger partial charge in [0, 0.05) is 11.0 Å². The van der Waals surface area contributed by atoms with Gasteiger partial charge in [-0.1, -0.05) is 15.9 Å². The number of esters is 1. The highest BCUT2D eigenvalue weighted by Gasteiger charge is 2.22. The summed E-state index contributed by atoms with van der Waals surface area (Å²) in [6.07, 6.45) is -1.18. The van der Waals surface area contributed by atoms with Gasteiger partial charge in [-0.3, -0.25) is 10.1 Å². The summed E-state index contributed by atoms with van der Waals surface area (Å²) in [5.74, 6) is -1.89. The molecule has 0 fully saturated rings. The van der Waals surface area contributed by atoms with Crippen molar-refractivity contribution in [3.63, 3.8) is 0 Å². The van der Waals surface area contributed by atoms with Crippen LogP contribution >= 0.6 is 15.9 Å². The minimum atomic E-state index is -1.18. The summed E-state index contributed by atoms with van der Waals surface area (Å²) in [6, 6.07) is 3.57. The predicted molar refractivity (Wildman–Crippen MR) is 77.9 cm³/mol. The average Bonchev–Trinajstić information content (AvgIpc) is 2.41. The molecular weight excluding hydrogens is 344 g/mol. The lowest BCUT2D eigenvalue weighted by molar-refractivity contribution is -0.127. The highest BCUT2D eigenvalue weighted by atomic mass is 79.9. The molecule has 0 saturated carbocycles. The molecule has 0 aromatic heterocycles. The lowest BCUT2D eigenvalue weighted by Crippen LogP contribution is -2.44. The van der Waals surface area contributed by atoms with Crippen LogP contribution in [0.15, 0.2) is 22.7 Å². The second kappa shape index (κ2) is 7.63. The van der Waals surface area contributed by atoms with Crippen molar-refractivity contribution in [3.05, 3.63) is 28.2 Å². The second-order valence-electron chi connectivity index (χ2n) is 4.06. The quantitative estimate of drug-likeness (QED) is 0.708. The zero-order chi connectivity index (χ0) is 16.0. The summed E-state index contributed by atoms with van der Waals surface area (Å²) in [5.41, 5.74) is -0.0814. The number of aromatic hydroxyl groups is 1. The van der Waals surface area contributed by atoms with Crippen molar-refractivity contribution in [1.82, 2.24) is 10.6 Å². The fourth-order valence-electron chi connectivity index (χ4n) is 1.37. The van der Waals surface area contributed by atoms with Gasteiger partial charge in [0.2, 0.25) is 0 Å². The van der Waals surface area contributed by atoms with Gasteiger partial charge in [0.1, 0.15) is 11.3 Å². The van der Waals surface area contributed by atoms with E-state index in [1.165, 1.54) is 19.1 Å². The fraction of sp³-hybridized carbons (Fsp3) is 0.308. The van der Waals surface area contributed by atoms with Crippen LogP contribution in [0.4, 0.5) is 4.79 Å². The molecule has 0 heterocycles. The largest absolute Gasteiger partial charge is 0.507 e. The van der Waals surface area contributed by atoms with Crippen LogP contribution in [0.5, 0.6) is 5.75 Å². The number of carbonyl (C=O) groups excluding carboxylic acids is 3. The minimum absolute atomic E-state index is 0.0814. The van der Waals surface area contributed by atoms with Crippen molar-refractivity contribution in [1.29, 1.82) is 0 Å². The summed E-state index contributed by atoms with van der Waals surface area (Å²) in [6.45, 7) is 3.38. The number of hydrogen-bond donors (Lipinski definition) is 3. The molecule has 0 spiro atoms. The lowest BCUT2D eigenvalue weighted by Gasteiger charge is -2.13. The molecule has 0 aliphatic heterocycles. The van der Waals surface area contributed by atoms with Crippen molar-refractivity contribution in [2.45, 2.75) is 20.0 Å². The number of phenols is 1. The number of amides is 3.